The van der Waals surface area contributed by atoms with Gasteiger partial charge in [-0.25, -0.2) is 0 Å². The number of rotatable bonds is 2. The molecule has 0 amide bonds. The van der Waals surface area contributed by atoms with E-state index >= 15 is 0 Å². The Morgan fingerprint density at radius 1 is 1.42 bits per heavy atom. The molecule has 1 heterocycles. The smallest absolute Gasteiger partial charge is 0.195 e. The molecule has 0 spiro atoms. The predicted molar refractivity (Wildman–Crippen MR) is 73.3 cm³/mol. The number of nitriles is 1. The van der Waals surface area contributed by atoms with Gasteiger partial charge in [-0.05, 0) is 37.5 Å². The zero-order valence-corrected chi connectivity index (χ0v) is 11.4. The van der Waals surface area contributed by atoms with Crippen LogP contribution in [0.3, 0.4) is 0 Å². The van der Waals surface area contributed by atoms with E-state index in [1.54, 1.807) is 39.9 Å². The highest BCUT2D eigenvalue weighted by molar-refractivity contribution is 6.42. The number of nitrogens with zero attached hydrogens (tertiary/aromatic N) is 1. The number of carbonyl (C=O) groups excluding carboxylic acids is 1. The fourth-order valence-corrected chi connectivity index (χ4v) is 2.14. The maximum atomic E-state index is 12.0. The van der Waals surface area contributed by atoms with Gasteiger partial charge in [0.1, 0.15) is 25.4 Å². The maximum Gasteiger partial charge on any atom is 0.195 e. The Morgan fingerprint density at radius 2 is 2.11 bits per heavy atom. The highest BCUT2D eigenvalue weighted by atomic mass is 16.5. The highest BCUT2D eigenvalue weighted by Gasteiger charge is 2.39. The van der Waals surface area contributed by atoms with Gasteiger partial charge in [0.25, 0.3) is 0 Å². The van der Waals surface area contributed by atoms with Crippen molar-refractivity contribution in [1.29, 1.82) is 5.26 Å². The number of methoxy groups -OCH3 is 1. The summed E-state index contributed by atoms with van der Waals surface area (Å²) < 4.78 is 10.8. The summed E-state index contributed by atoms with van der Waals surface area (Å²) in [6, 6.07) is 7.23. The number of benzene rings is 1. The third kappa shape index (κ3) is 2.10. The second kappa shape index (κ2) is 4.47. The molecule has 0 fully saturated rings. The van der Waals surface area contributed by atoms with Crippen LogP contribution in [-0.2, 0) is 9.53 Å². The Kier molecular flexibility index (Phi) is 3.11. The van der Waals surface area contributed by atoms with E-state index in [0.717, 1.165) is 0 Å². The first-order valence-corrected chi connectivity index (χ1v) is 5.94. The molecule has 96 valence electrons. The minimum Gasteiger partial charge on any atom is -0.495 e. The molecular formula is C14H14BNO3. The average Bonchev–Trinajstić information content (AvgIpc) is 2.61. The first kappa shape index (κ1) is 13.2. The topological polar surface area (TPSA) is 59.3 Å². The molecule has 5 heteroatoms. The summed E-state index contributed by atoms with van der Waals surface area (Å²) in [7, 11) is 3.25. The molecule has 0 unspecified atom stereocenters. The second-order valence-corrected chi connectivity index (χ2v) is 4.92. The molecule has 0 aliphatic carbocycles. The standard InChI is InChI=1S/C14H14BNO3/c1-14(2)13(17)11(15)12(19-14)8-4-5-10(18-3)9(6-8)7-16/h4-6H,15H2,1-3H3. The van der Waals surface area contributed by atoms with Gasteiger partial charge in [-0.3, -0.25) is 4.79 Å². The van der Waals surface area contributed by atoms with Crippen LogP contribution in [0.2, 0.25) is 0 Å². The van der Waals surface area contributed by atoms with Gasteiger partial charge < -0.3 is 9.47 Å². The number of hydrogen-bond donors (Lipinski definition) is 0. The van der Waals surface area contributed by atoms with Crippen LogP contribution in [0.1, 0.15) is 25.0 Å². The van der Waals surface area contributed by atoms with Gasteiger partial charge >= 0.3 is 0 Å². The molecule has 0 bridgehead atoms. The summed E-state index contributed by atoms with van der Waals surface area (Å²) in [5.41, 5.74) is 0.875. The molecule has 0 N–H and O–H groups in total. The van der Waals surface area contributed by atoms with Crippen molar-refractivity contribution in [3.63, 3.8) is 0 Å². The van der Waals surface area contributed by atoms with E-state index in [1.165, 1.54) is 7.11 Å². The zero-order valence-electron chi connectivity index (χ0n) is 11.4. The lowest BCUT2D eigenvalue weighted by Crippen LogP contribution is -2.29. The highest BCUT2D eigenvalue weighted by Crippen LogP contribution is 2.36. The van der Waals surface area contributed by atoms with Gasteiger partial charge in [-0.15, -0.1) is 0 Å². The minimum atomic E-state index is -0.841. The van der Waals surface area contributed by atoms with E-state index in [4.69, 9.17) is 14.7 Å². The first-order chi connectivity index (χ1) is 8.90. The van der Waals surface area contributed by atoms with E-state index in [1.807, 2.05) is 0 Å². The van der Waals surface area contributed by atoms with Crippen LogP contribution in [0.4, 0.5) is 0 Å². The number of hydrogen-bond acceptors (Lipinski definition) is 4. The summed E-state index contributed by atoms with van der Waals surface area (Å²) in [4.78, 5) is 12.0. The van der Waals surface area contributed by atoms with Crippen LogP contribution >= 0.6 is 0 Å². The van der Waals surface area contributed by atoms with Gasteiger partial charge in [0.05, 0.1) is 12.7 Å². The van der Waals surface area contributed by atoms with Gasteiger partial charge in [-0.1, -0.05) is 0 Å². The Hall–Kier alpha value is -2.22. The van der Waals surface area contributed by atoms with Crippen molar-refractivity contribution in [1.82, 2.24) is 0 Å². The lowest BCUT2D eigenvalue weighted by molar-refractivity contribution is -0.126. The lowest BCUT2D eigenvalue weighted by Gasteiger charge is -2.18. The molecule has 0 saturated carbocycles. The van der Waals surface area contributed by atoms with Crippen molar-refractivity contribution >= 4 is 19.4 Å². The van der Waals surface area contributed by atoms with E-state index in [2.05, 4.69) is 6.07 Å². The van der Waals surface area contributed by atoms with Crippen molar-refractivity contribution < 1.29 is 14.3 Å². The van der Waals surface area contributed by atoms with Crippen LogP contribution in [0, 0.1) is 11.3 Å². The predicted octanol–water partition coefficient (Wildman–Crippen LogP) is 1.25. The molecule has 0 saturated heterocycles. The van der Waals surface area contributed by atoms with Crippen molar-refractivity contribution in [2.75, 3.05) is 7.11 Å². The van der Waals surface area contributed by atoms with Crippen LogP contribution in [0.15, 0.2) is 23.7 Å². The van der Waals surface area contributed by atoms with Crippen molar-refractivity contribution in [3.8, 4) is 11.8 Å². The van der Waals surface area contributed by atoms with E-state index in [-0.39, 0.29) is 5.78 Å². The summed E-state index contributed by atoms with van der Waals surface area (Å²) >= 11 is 0. The molecular weight excluding hydrogens is 241 g/mol. The van der Waals surface area contributed by atoms with E-state index in [9.17, 15) is 4.79 Å². The average molecular weight is 255 g/mol. The summed E-state index contributed by atoms with van der Waals surface area (Å²) in [5.74, 6) is 1.01. The van der Waals surface area contributed by atoms with Crippen molar-refractivity contribution in [2.45, 2.75) is 19.4 Å². The van der Waals surface area contributed by atoms with E-state index < -0.39 is 5.60 Å². The van der Waals surface area contributed by atoms with E-state index in [0.29, 0.717) is 28.1 Å². The Labute approximate surface area is 113 Å². The fraction of sp³-hybridized carbons (Fsp3) is 0.286. The van der Waals surface area contributed by atoms with Crippen molar-refractivity contribution in [2.24, 2.45) is 0 Å². The first-order valence-electron chi connectivity index (χ1n) is 5.94. The summed E-state index contributed by atoms with van der Waals surface area (Å²) in [5, 5.41) is 9.08. The normalized spacial score (nSPS) is 17.1. The lowest BCUT2D eigenvalue weighted by atomic mass is 9.84. The minimum absolute atomic E-state index is 0.0307. The Bertz CT molecular complexity index is 626. The van der Waals surface area contributed by atoms with Gasteiger partial charge in [0.15, 0.2) is 11.4 Å². The third-order valence-electron chi connectivity index (χ3n) is 3.17. The van der Waals surface area contributed by atoms with Gasteiger partial charge in [0, 0.05) is 5.56 Å². The number of carbonyl (C=O) groups is 1. The SMILES string of the molecule is BC1=C(c2ccc(OC)c(C#N)c2)OC(C)(C)C1=O. The number of ketones is 1. The Morgan fingerprint density at radius 3 is 2.58 bits per heavy atom. The van der Waals surface area contributed by atoms with Crippen LogP contribution in [0.5, 0.6) is 5.75 Å². The molecule has 0 radical (unpaired) electrons. The van der Waals surface area contributed by atoms with Crippen molar-refractivity contribution in [3.05, 3.63) is 34.8 Å². The fourth-order valence-electron chi connectivity index (χ4n) is 2.14. The largest absolute Gasteiger partial charge is 0.495 e. The quantitative estimate of drug-likeness (QED) is 0.746. The zero-order chi connectivity index (χ0) is 14.2. The number of ether oxygens (including phenoxy) is 2. The monoisotopic (exact) mass is 255 g/mol. The Balaban J connectivity index is 2.50. The molecule has 0 atom stereocenters. The molecule has 2 rings (SSSR count). The molecule has 1 aromatic carbocycles. The molecule has 0 aromatic heterocycles. The molecule has 1 aromatic rings. The van der Waals surface area contributed by atoms with Crippen LogP contribution in [-0.4, -0.2) is 26.3 Å². The third-order valence-corrected chi connectivity index (χ3v) is 3.17. The van der Waals surface area contributed by atoms with Gasteiger partial charge in [-0.2, -0.15) is 5.26 Å². The summed E-state index contributed by atoms with van der Waals surface area (Å²) in [6.45, 7) is 3.47. The molecule has 19 heavy (non-hydrogen) atoms. The van der Waals surface area contributed by atoms with Crippen LogP contribution < -0.4 is 4.74 Å². The molecule has 1 aliphatic rings. The maximum absolute atomic E-state index is 12.0. The summed E-state index contributed by atoms with van der Waals surface area (Å²) in [6.07, 6.45) is 0. The molecule has 4 nitrogen and oxygen atoms in total. The number of Topliss-reactive ketones (excluding diaryl/α,β-unsaturated/α-hetero) is 1. The van der Waals surface area contributed by atoms with Crippen LogP contribution in [0.25, 0.3) is 5.76 Å². The molecule has 1 aliphatic heterocycles. The second-order valence-electron chi connectivity index (χ2n) is 4.92. The van der Waals surface area contributed by atoms with Gasteiger partial charge in [0.2, 0.25) is 0 Å².